The van der Waals surface area contributed by atoms with Gasteiger partial charge in [0.2, 0.25) is 21.8 Å². The van der Waals surface area contributed by atoms with Gasteiger partial charge in [0.25, 0.3) is 5.91 Å². The summed E-state index contributed by atoms with van der Waals surface area (Å²) < 4.78 is 38.2. The fourth-order valence-electron chi connectivity index (χ4n) is 5.69. The summed E-state index contributed by atoms with van der Waals surface area (Å²) in [4.78, 5) is 46.7. The number of ether oxygens (including phenoxy) is 2. The largest absolute Gasteiger partial charge is 0.493 e. The summed E-state index contributed by atoms with van der Waals surface area (Å²) in [6, 6.07) is 16.6. The van der Waals surface area contributed by atoms with Crippen molar-refractivity contribution >= 4 is 27.7 Å². The predicted octanol–water partition coefficient (Wildman–Crippen LogP) is 2.59. The summed E-state index contributed by atoms with van der Waals surface area (Å²) in [5.41, 5.74) is 2.66. The van der Waals surface area contributed by atoms with E-state index in [9.17, 15) is 22.8 Å². The van der Waals surface area contributed by atoms with E-state index >= 15 is 0 Å². The van der Waals surface area contributed by atoms with Gasteiger partial charge in [-0.15, -0.1) is 0 Å². The number of aryl methyl sites for hydroxylation is 1. The standard InChI is InChI=1S/C35H40N6O7S/c1-23-18-27(21-31(24(23)2)49(36,45)46)35(44)41-14-7-17-48-30-20-26(10-11-29(30)47-3)33-37-12-15-40(33)16-13-38-34(43)28(39-32(42)22-41)19-25-8-5-4-6-9-25/h4-6,8-12,15,18,20-21,28H,7,13-14,16-17,19,22H2,1-3H3,(H,38,43)(H,39,42)(H2,36,45,46)/t28-/m0/s1. The van der Waals surface area contributed by atoms with Crippen LogP contribution in [0.1, 0.15) is 33.5 Å². The van der Waals surface area contributed by atoms with Crippen LogP contribution in [0.3, 0.4) is 0 Å². The summed E-state index contributed by atoms with van der Waals surface area (Å²) in [5.74, 6) is 0.119. The monoisotopic (exact) mass is 688 g/mol. The molecule has 0 spiro atoms. The molecule has 2 bridgehead atoms. The number of nitrogens with two attached hydrogens (primary N) is 1. The molecule has 13 nitrogen and oxygen atoms in total. The normalized spacial score (nSPS) is 16.3. The minimum atomic E-state index is -4.13. The molecular weight excluding hydrogens is 648 g/mol. The SMILES string of the molecule is COc1ccc2cc1OCCCN(C(=O)c1cc(C)c(C)c(S(N)(=O)=O)c1)CC(=O)N[C@@H](Cc1ccccc1)C(=O)NCCn1ccnc1-2. The predicted molar refractivity (Wildman–Crippen MR) is 183 cm³/mol. The van der Waals surface area contributed by atoms with E-state index in [0.29, 0.717) is 41.4 Å². The minimum absolute atomic E-state index is 0.0615. The first-order valence-corrected chi connectivity index (χ1v) is 17.4. The molecule has 4 aromatic rings. The van der Waals surface area contributed by atoms with Crippen molar-refractivity contribution in [2.75, 3.05) is 33.4 Å². The number of hydrogen-bond donors (Lipinski definition) is 3. The van der Waals surface area contributed by atoms with Gasteiger partial charge in [-0.05, 0) is 67.3 Å². The number of nitrogens with one attached hydrogen (secondary N) is 2. The van der Waals surface area contributed by atoms with Crippen molar-refractivity contribution in [3.8, 4) is 22.9 Å². The van der Waals surface area contributed by atoms with Gasteiger partial charge in [-0.25, -0.2) is 18.5 Å². The third kappa shape index (κ3) is 8.64. The van der Waals surface area contributed by atoms with Gasteiger partial charge in [-0.1, -0.05) is 30.3 Å². The van der Waals surface area contributed by atoms with E-state index in [-0.39, 0.29) is 42.5 Å². The second kappa shape index (κ2) is 15.3. The molecule has 0 aliphatic carbocycles. The molecule has 2 heterocycles. The van der Waals surface area contributed by atoms with Gasteiger partial charge in [-0.3, -0.25) is 14.4 Å². The van der Waals surface area contributed by atoms with Crippen LogP contribution in [0.5, 0.6) is 11.5 Å². The molecular formula is C35H40N6O7S. The second-order valence-electron chi connectivity index (χ2n) is 11.8. The fourth-order valence-corrected chi connectivity index (χ4v) is 6.57. The Morgan fingerprint density at radius 3 is 2.59 bits per heavy atom. The Labute approximate surface area is 285 Å². The first kappa shape index (κ1) is 35.1. The van der Waals surface area contributed by atoms with Crippen LogP contribution in [0.4, 0.5) is 0 Å². The lowest BCUT2D eigenvalue weighted by molar-refractivity contribution is -0.129. The van der Waals surface area contributed by atoms with Crippen LogP contribution >= 0.6 is 0 Å². The van der Waals surface area contributed by atoms with E-state index < -0.39 is 34.4 Å². The number of aromatic nitrogens is 2. The van der Waals surface area contributed by atoms with E-state index in [1.165, 1.54) is 18.1 Å². The Morgan fingerprint density at radius 2 is 1.86 bits per heavy atom. The fraction of sp³-hybridized carbons (Fsp3) is 0.314. The quantitative estimate of drug-likeness (QED) is 0.287. The van der Waals surface area contributed by atoms with Crippen LogP contribution in [-0.4, -0.2) is 80.0 Å². The molecule has 1 aliphatic heterocycles. The van der Waals surface area contributed by atoms with Crippen molar-refractivity contribution in [1.29, 1.82) is 0 Å². The Kier molecular flexibility index (Phi) is 11.0. The molecule has 0 unspecified atom stereocenters. The van der Waals surface area contributed by atoms with Crippen LogP contribution in [0, 0.1) is 13.8 Å². The molecule has 49 heavy (non-hydrogen) atoms. The first-order valence-electron chi connectivity index (χ1n) is 15.8. The number of hydrogen-bond acceptors (Lipinski definition) is 8. The maximum absolute atomic E-state index is 13.9. The Bertz CT molecular complexity index is 1940. The molecule has 1 aliphatic rings. The number of benzene rings is 3. The zero-order valence-corrected chi connectivity index (χ0v) is 28.5. The van der Waals surface area contributed by atoms with Gasteiger partial charge in [0.15, 0.2) is 11.5 Å². The molecule has 0 saturated heterocycles. The number of imidazole rings is 1. The zero-order valence-electron chi connectivity index (χ0n) is 27.6. The topological polar surface area (TPSA) is 175 Å². The van der Waals surface area contributed by atoms with Crippen molar-refractivity contribution < 1.29 is 32.3 Å². The smallest absolute Gasteiger partial charge is 0.254 e. The highest BCUT2D eigenvalue weighted by Crippen LogP contribution is 2.32. The molecule has 0 radical (unpaired) electrons. The summed E-state index contributed by atoms with van der Waals surface area (Å²) in [5, 5.41) is 11.2. The summed E-state index contributed by atoms with van der Waals surface area (Å²) in [6.45, 7) is 3.80. The number of amides is 3. The molecule has 14 heteroatoms. The lowest BCUT2D eigenvalue weighted by atomic mass is 10.0. The van der Waals surface area contributed by atoms with Gasteiger partial charge >= 0.3 is 0 Å². The number of fused-ring (bicyclic) bond motifs is 4. The van der Waals surface area contributed by atoms with E-state index in [1.54, 1.807) is 32.2 Å². The van der Waals surface area contributed by atoms with Crippen LogP contribution in [0.25, 0.3) is 11.4 Å². The third-order valence-electron chi connectivity index (χ3n) is 8.35. The first-order chi connectivity index (χ1) is 23.4. The van der Waals surface area contributed by atoms with Crippen LogP contribution in [-0.2, 0) is 32.6 Å². The van der Waals surface area contributed by atoms with E-state index in [4.69, 9.17) is 14.6 Å². The van der Waals surface area contributed by atoms with E-state index in [0.717, 1.165) is 11.1 Å². The molecule has 3 amide bonds. The number of primary sulfonamides is 1. The van der Waals surface area contributed by atoms with Crippen molar-refractivity contribution in [3.63, 3.8) is 0 Å². The number of methoxy groups -OCH3 is 1. The Morgan fingerprint density at radius 1 is 1.08 bits per heavy atom. The number of sulfonamides is 1. The molecule has 258 valence electrons. The summed E-state index contributed by atoms with van der Waals surface area (Å²) >= 11 is 0. The van der Waals surface area contributed by atoms with Gasteiger partial charge in [-0.2, -0.15) is 0 Å². The van der Waals surface area contributed by atoms with E-state index in [2.05, 4.69) is 15.6 Å². The minimum Gasteiger partial charge on any atom is -0.493 e. The second-order valence-corrected chi connectivity index (χ2v) is 13.3. The number of carbonyl (C=O) groups excluding carboxylic acids is 3. The van der Waals surface area contributed by atoms with Crippen LogP contribution in [0.2, 0.25) is 0 Å². The average molecular weight is 689 g/mol. The van der Waals surface area contributed by atoms with Crippen LogP contribution in [0.15, 0.2) is 78.0 Å². The van der Waals surface area contributed by atoms with Gasteiger partial charge < -0.3 is 29.6 Å². The van der Waals surface area contributed by atoms with Crippen molar-refractivity contribution in [2.45, 2.75) is 44.2 Å². The molecule has 1 atom stereocenters. The number of nitrogens with zero attached hydrogens (tertiary/aromatic N) is 3. The molecule has 3 aromatic carbocycles. The maximum atomic E-state index is 13.9. The zero-order chi connectivity index (χ0) is 35.1. The third-order valence-corrected chi connectivity index (χ3v) is 9.39. The molecule has 5 rings (SSSR count). The Hall–Kier alpha value is -5.21. The summed E-state index contributed by atoms with van der Waals surface area (Å²) in [6.07, 6.45) is 4.03. The Balaban J connectivity index is 1.48. The van der Waals surface area contributed by atoms with Gasteiger partial charge in [0.05, 0.1) is 25.2 Å². The van der Waals surface area contributed by atoms with Gasteiger partial charge in [0.1, 0.15) is 11.9 Å². The molecule has 0 fully saturated rings. The van der Waals surface area contributed by atoms with E-state index in [1.807, 2.05) is 53.2 Å². The highest BCUT2D eigenvalue weighted by atomic mass is 32.2. The lowest BCUT2D eigenvalue weighted by Crippen LogP contribution is -2.51. The maximum Gasteiger partial charge on any atom is 0.254 e. The molecule has 0 saturated carbocycles. The number of carbonyl (C=O) groups is 3. The van der Waals surface area contributed by atoms with Crippen molar-refractivity contribution in [1.82, 2.24) is 25.1 Å². The van der Waals surface area contributed by atoms with Crippen molar-refractivity contribution in [3.05, 3.63) is 95.3 Å². The summed E-state index contributed by atoms with van der Waals surface area (Å²) in [7, 11) is -2.59. The van der Waals surface area contributed by atoms with Crippen molar-refractivity contribution in [2.24, 2.45) is 5.14 Å². The highest BCUT2D eigenvalue weighted by Gasteiger charge is 2.26. The van der Waals surface area contributed by atoms with Gasteiger partial charge in [0, 0.05) is 49.6 Å². The number of rotatable bonds is 5. The lowest BCUT2D eigenvalue weighted by Gasteiger charge is -2.25. The van der Waals surface area contributed by atoms with Crippen LogP contribution < -0.4 is 25.2 Å². The molecule has 1 aromatic heterocycles. The average Bonchev–Trinajstić information content (AvgIpc) is 3.54. The molecule has 4 N–H and O–H groups in total. The highest BCUT2D eigenvalue weighted by molar-refractivity contribution is 7.89.